The fourth-order valence-corrected chi connectivity index (χ4v) is 4.79. The summed E-state index contributed by atoms with van der Waals surface area (Å²) in [6, 6.07) is 6.44. The van der Waals surface area contributed by atoms with Crippen LogP contribution in [-0.4, -0.2) is 66.5 Å². The molecule has 0 saturated carbocycles. The van der Waals surface area contributed by atoms with E-state index in [0.717, 1.165) is 17.0 Å². The quantitative estimate of drug-likeness (QED) is 0.762. The number of amides is 1. The summed E-state index contributed by atoms with van der Waals surface area (Å²) in [6.07, 6.45) is -1.95. The molecule has 2 aliphatic rings. The zero-order valence-corrected chi connectivity index (χ0v) is 17.5. The molecule has 0 radical (unpaired) electrons. The van der Waals surface area contributed by atoms with Gasteiger partial charge in [-0.15, -0.1) is 5.10 Å². The summed E-state index contributed by atoms with van der Waals surface area (Å²) in [5, 5.41) is 3.97. The Morgan fingerprint density at radius 2 is 1.84 bits per heavy atom. The molecule has 3 heterocycles. The Kier molecular flexibility index (Phi) is 5.46. The van der Waals surface area contributed by atoms with Gasteiger partial charge < -0.3 is 4.90 Å². The molecule has 2 atom stereocenters. The fraction of sp³-hybridized carbons (Fsp3) is 0.474. The second-order valence-electron chi connectivity index (χ2n) is 8.12. The van der Waals surface area contributed by atoms with Gasteiger partial charge in [0.05, 0.1) is 11.8 Å². The number of likely N-dealkylation sites (tertiary alicyclic amines) is 2. The monoisotopic (exact) mass is 457 g/mol. The standard InChI is InChI=1S/C19H22F3N5O3S/c1-31(29,30)24-17-5-6-27(23-17)18(28)26-11-14-9-25(10-15(14)12-26)8-13-3-2-4-16(7-13)19(20,21)22/h2-7,14-15H,8-12H2,1H3,(H,23,24). The van der Waals surface area contributed by atoms with Crippen molar-refractivity contribution in [2.24, 2.45) is 11.8 Å². The van der Waals surface area contributed by atoms with E-state index in [1.807, 2.05) is 0 Å². The van der Waals surface area contributed by atoms with Gasteiger partial charge in [0.1, 0.15) is 0 Å². The molecule has 0 bridgehead atoms. The Balaban J connectivity index is 1.34. The van der Waals surface area contributed by atoms with Crippen molar-refractivity contribution in [2.75, 3.05) is 37.2 Å². The van der Waals surface area contributed by atoms with Crippen LogP contribution in [0.2, 0.25) is 0 Å². The van der Waals surface area contributed by atoms with Gasteiger partial charge in [-0.2, -0.15) is 17.9 Å². The Bertz CT molecular complexity index is 1070. The molecule has 1 N–H and O–H groups in total. The number of nitrogens with zero attached hydrogens (tertiary/aromatic N) is 4. The highest BCUT2D eigenvalue weighted by Gasteiger charge is 2.42. The summed E-state index contributed by atoms with van der Waals surface area (Å²) < 4.78 is 64.6. The Labute approximate surface area is 177 Å². The van der Waals surface area contributed by atoms with Crippen molar-refractivity contribution in [3.63, 3.8) is 0 Å². The first-order valence-electron chi connectivity index (χ1n) is 9.69. The largest absolute Gasteiger partial charge is 0.416 e. The van der Waals surface area contributed by atoms with Crippen LogP contribution >= 0.6 is 0 Å². The number of hydrogen-bond acceptors (Lipinski definition) is 5. The number of benzene rings is 1. The minimum absolute atomic E-state index is 0.0718. The highest BCUT2D eigenvalue weighted by atomic mass is 32.2. The van der Waals surface area contributed by atoms with Gasteiger partial charge in [0.25, 0.3) is 0 Å². The maximum absolute atomic E-state index is 12.9. The van der Waals surface area contributed by atoms with E-state index in [1.165, 1.54) is 24.4 Å². The zero-order valence-electron chi connectivity index (χ0n) is 16.7. The van der Waals surface area contributed by atoms with Gasteiger partial charge in [0.2, 0.25) is 10.0 Å². The molecule has 8 nitrogen and oxygen atoms in total. The van der Waals surface area contributed by atoms with Crippen molar-refractivity contribution in [3.05, 3.63) is 47.7 Å². The van der Waals surface area contributed by atoms with Gasteiger partial charge in [0.15, 0.2) is 5.82 Å². The lowest BCUT2D eigenvalue weighted by Crippen LogP contribution is -2.36. The number of carbonyl (C=O) groups is 1. The molecule has 0 aliphatic carbocycles. The Morgan fingerprint density at radius 3 is 2.45 bits per heavy atom. The summed E-state index contributed by atoms with van der Waals surface area (Å²) in [5.74, 6) is 0.542. The molecule has 31 heavy (non-hydrogen) atoms. The fourth-order valence-electron chi connectivity index (χ4n) is 4.30. The van der Waals surface area contributed by atoms with Crippen LogP contribution in [0.25, 0.3) is 0 Å². The highest BCUT2D eigenvalue weighted by Crippen LogP contribution is 2.33. The molecule has 2 fully saturated rings. The van der Waals surface area contributed by atoms with Crippen LogP contribution in [0.3, 0.4) is 0 Å². The lowest BCUT2D eigenvalue weighted by Gasteiger charge is -2.21. The topological polar surface area (TPSA) is 87.5 Å². The van der Waals surface area contributed by atoms with Crippen LogP contribution in [0, 0.1) is 11.8 Å². The lowest BCUT2D eigenvalue weighted by molar-refractivity contribution is -0.137. The number of rotatable bonds is 4. The van der Waals surface area contributed by atoms with Gasteiger partial charge in [-0.05, 0) is 23.5 Å². The van der Waals surface area contributed by atoms with Gasteiger partial charge in [-0.25, -0.2) is 13.2 Å². The second-order valence-corrected chi connectivity index (χ2v) is 9.87. The van der Waals surface area contributed by atoms with Crippen molar-refractivity contribution < 1.29 is 26.4 Å². The van der Waals surface area contributed by atoms with E-state index in [9.17, 15) is 26.4 Å². The minimum atomic E-state index is -4.36. The number of halogens is 3. The molecule has 2 aliphatic heterocycles. The van der Waals surface area contributed by atoms with Crippen molar-refractivity contribution in [2.45, 2.75) is 12.7 Å². The number of nitrogens with one attached hydrogen (secondary N) is 1. The summed E-state index contributed by atoms with van der Waals surface area (Å²) in [6.45, 7) is 2.88. The Morgan fingerprint density at radius 1 is 1.16 bits per heavy atom. The Hall–Kier alpha value is -2.60. The van der Waals surface area contributed by atoms with E-state index < -0.39 is 21.8 Å². The molecule has 1 amide bonds. The molecule has 2 unspecified atom stereocenters. The normalized spacial score (nSPS) is 22.0. The first-order chi connectivity index (χ1) is 14.5. The third-order valence-corrected chi connectivity index (χ3v) is 6.15. The van der Waals surface area contributed by atoms with Gasteiger partial charge in [-0.3, -0.25) is 9.62 Å². The van der Waals surface area contributed by atoms with E-state index in [1.54, 1.807) is 11.0 Å². The zero-order chi connectivity index (χ0) is 22.4. The van der Waals surface area contributed by atoms with E-state index in [4.69, 9.17) is 0 Å². The third-order valence-electron chi connectivity index (χ3n) is 5.57. The van der Waals surface area contributed by atoms with Crippen molar-refractivity contribution in [1.82, 2.24) is 19.6 Å². The molecule has 168 valence electrons. The number of carbonyl (C=O) groups excluding carboxylic acids is 1. The van der Waals surface area contributed by atoms with Crippen LogP contribution in [0.15, 0.2) is 36.5 Å². The van der Waals surface area contributed by atoms with E-state index >= 15 is 0 Å². The smallest absolute Gasteiger partial charge is 0.322 e. The molecular formula is C19H22F3N5O3S. The number of hydrogen-bond donors (Lipinski definition) is 1. The van der Waals surface area contributed by atoms with Crippen molar-refractivity contribution in [3.8, 4) is 0 Å². The summed E-state index contributed by atoms with van der Waals surface area (Å²) >= 11 is 0. The van der Waals surface area contributed by atoms with Crippen molar-refractivity contribution >= 4 is 21.9 Å². The van der Waals surface area contributed by atoms with E-state index in [0.29, 0.717) is 38.3 Å². The second kappa shape index (κ2) is 7.83. The van der Waals surface area contributed by atoms with Crippen molar-refractivity contribution in [1.29, 1.82) is 0 Å². The summed E-state index contributed by atoms with van der Waals surface area (Å²) in [5.41, 5.74) is -0.0321. The molecule has 1 aromatic heterocycles. The van der Waals surface area contributed by atoms with Crippen LogP contribution in [-0.2, 0) is 22.7 Å². The molecule has 2 saturated heterocycles. The average Bonchev–Trinajstić information content (AvgIpc) is 3.34. The third kappa shape index (κ3) is 5.01. The average molecular weight is 457 g/mol. The van der Waals surface area contributed by atoms with Gasteiger partial charge >= 0.3 is 12.2 Å². The number of sulfonamides is 1. The predicted molar refractivity (Wildman–Crippen MR) is 107 cm³/mol. The van der Waals surface area contributed by atoms with Gasteiger partial charge in [0, 0.05) is 45.0 Å². The molecule has 12 heteroatoms. The number of fused-ring (bicyclic) bond motifs is 1. The van der Waals surface area contributed by atoms with E-state index in [-0.39, 0.29) is 23.7 Å². The number of anilines is 1. The van der Waals surface area contributed by atoms with Crippen LogP contribution in [0.1, 0.15) is 11.1 Å². The first kappa shape index (κ1) is 21.6. The predicted octanol–water partition coefficient (Wildman–Crippen LogP) is 2.31. The molecular weight excluding hydrogens is 435 g/mol. The highest BCUT2D eigenvalue weighted by molar-refractivity contribution is 7.92. The van der Waals surface area contributed by atoms with Crippen LogP contribution in [0.4, 0.5) is 23.8 Å². The maximum atomic E-state index is 12.9. The SMILES string of the molecule is CS(=O)(=O)Nc1ccn(C(=O)N2CC3CN(Cc4cccc(C(F)(F)F)c4)CC3C2)n1. The molecule has 4 rings (SSSR count). The first-order valence-corrected chi connectivity index (χ1v) is 11.6. The van der Waals surface area contributed by atoms with E-state index in [2.05, 4.69) is 14.7 Å². The van der Waals surface area contributed by atoms with Crippen LogP contribution < -0.4 is 4.72 Å². The molecule has 1 aromatic carbocycles. The molecule has 2 aromatic rings. The summed E-state index contributed by atoms with van der Waals surface area (Å²) in [7, 11) is -3.48. The lowest BCUT2D eigenvalue weighted by atomic mass is 10.0. The number of alkyl halides is 3. The minimum Gasteiger partial charge on any atom is -0.322 e. The number of aromatic nitrogens is 2. The van der Waals surface area contributed by atoms with Crippen LogP contribution in [0.5, 0.6) is 0 Å². The van der Waals surface area contributed by atoms with Gasteiger partial charge in [-0.1, -0.05) is 18.2 Å². The summed E-state index contributed by atoms with van der Waals surface area (Å²) in [4.78, 5) is 16.5. The maximum Gasteiger partial charge on any atom is 0.416 e. The molecule has 0 spiro atoms.